The van der Waals surface area contributed by atoms with E-state index in [9.17, 15) is 0 Å². The Balaban J connectivity index is 1.71. The highest BCUT2D eigenvalue weighted by molar-refractivity contribution is 5.56. The first-order valence-corrected chi connectivity index (χ1v) is 6.65. The number of aromatic nitrogens is 2. The van der Waals surface area contributed by atoms with E-state index in [4.69, 9.17) is 4.42 Å². The van der Waals surface area contributed by atoms with Gasteiger partial charge in [-0.05, 0) is 31.9 Å². The molecule has 0 amide bonds. The van der Waals surface area contributed by atoms with E-state index in [-0.39, 0.29) is 0 Å². The van der Waals surface area contributed by atoms with Gasteiger partial charge in [0.25, 0.3) is 0 Å². The summed E-state index contributed by atoms with van der Waals surface area (Å²) in [6, 6.07) is 4.64. The summed E-state index contributed by atoms with van der Waals surface area (Å²) in [4.78, 5) is 0. The van der Waals surface area contributed by atoms with Crippen molar-refractivity contribution in [2.24, 2.45) is 0 Å². The van der Waals surface area contributed by atoms with Crippen LogP contribution in [0.1, 0.15) is 37.0 Å². The zero-order valence-electron chi connectivity index (χ0n) is 10.7. The molecule has 2 N–H and O–H groups in total. The fraction of sp³-hybridized carbons (Fsp3) is 0.500. The van der Waals surface area contributed by atoms with Crippen LogP contribution in [0.15, 0.2) is 22.7 Å². The highest BCUT2D eigenvalue weighted by atomic mass is 16.3. The molecular weight excluding hydrogens is 226 g/mol. The molecule has 0 spiro atoms. The van der Waals surface area contributed by atoms with E-state index in [1.54, 1.807) is 0 Å². The van der Waals surface area contributed by atoms with Crippen LogP contribution in [0.4, 0.5) is 0 Å². The molecule has 0 aromatic carbocycles. The van der Waals surface area contributed by atoms with Crippen LogP contribution in [0.2, 0.25) is 0 Å². The van der Waals surface area contributed by atoms with Gasteiger partial charge in [-0.25, -0.2) is 0 Å². The van der Waals surface area contributed by atoms with E-state index in [1.165, 1.54) is 31.2 Å². The molecule has 4 heteroatoms. The Morgan fingerprint density at radius 3 is 2.94 bits per heavy atom. The molecule has 0 atom stereocenters. The van der Waals surface area contributed by atoms with Crippen molar-refractivity contribution in [3.05, 3.63) is 29.7 Å². The lowest BCUT2D eigenvalue weighted by Crippen LogP contribution is -2.25. The third kappa shape index (κ3) is 2.34. The summed E-state index contributed by atoms with van der Waals surface area (Å²) in [5.41, 5.74) is 2.17. The van der Waals surface area contributed by atoms with Gasteiger partial charge < -0.3 is 9.73 Å². The van der Waals surface area contributed by atoms with Crippen molar-refractivity contribution in [1.82, 2.24) is 15.5 Å². The third-order valence-electron chi connectivity index (χ3n) is 3.64. The van der Waals surface area contributed by atoms with Gasteiger partial charge >= 0.3 is 0 Å². The van der Waals surface area contributed by atoms with Gasteiger partial charge in [0.2, 0.25) is 0 Å². The van der Waals surface area contributed by atoms with E-state index in [0.717, 1.165) is 23.8 Å². The molecule has 1 aliphatic rings. The van der Waals surface area contributed by atoms with Gasteiger partial charge in [0.1, 0.15) is 11.5 Å². The Kier molecular flexibility index (Phi) is 3.19. The van der Waals surface area contributed by atoms with Crippen molar-refractivity contribution in [1.29, 1.82) is 0 Å². The second-order valence-electron chi connectivity index (χ2n) is 5.04. The summed E-state index contributed by atoms with van der Waals surface area (Å²) < 4.78 is 5.64. The summed E-state index contributed by atoms with van der Waals surface area (Å²) in [6.45, 7) is 2.81. The summed E-state index contributed by atoms with van der Waals surface area (Å²) in [7, 11) is 0. The first kappa shape index (κ1) is 11.5. The maximum Gasteiger partial charge on any atom is 0.152 e. The number of furan rings is 1. The van der Waals surface area contributed by atoms with Gasteiger partial charge in [-0.2, -0.15) is 5.10 Å². The molecule has 2 aromatic rings. The van der Waals surface area contributed by atoms with Crippen LogP contribution in [-0.2, 0) is 6.54 Å². The molecule has 0 aliphatic heterocycles. The summed E-state index contributed by atoms with van der Waals surface area (Å²) >= 11 is 0. The average Bonchev–Trinajstić information content (AvgIpc) is 3.07. The normalized spacial score (nSPS) is 16.5. The molecule has 3 rings (SSSR count). The van der Waals surface area contributed by atoms with Crippen molar-refractivity contribution in [2.45, 2.75) is 45.2 Å². The number of aryl methyl sites for hydroxylation is 1. The largest absolute Gasteiger partial charge is 0.460 e. The Bertz CT molecular complexity index is 509. The monoisotopic (exact) mass is 245 g/mol. The molecule has 0 unspecified atom stereocenters. The van der Waals surface area contributed by atoms with Crippen LogP contribution >= 0.6 is 0 Å². The zero-order valence-corrected chi connectivity index (χ0v) is 10.7. The average molecular weight is 245 g/mol. The van der Waals surface area contributed by atoms with Gasteiger partial charge in [-0.1, -0.05) is 12.8 Å². The van der Waals surface area contributed by atoms with Crippen molar-refractivity contribution >= 4 is 0 Å². The van der Waals surface area contributed by atoms with Crippen LogP contribution in [0.25, 0.3) is 11.5 Å². The molecule has 0 bridgehead atoms. The SMILES string of the molecule is Cc1ccc(-c2[nH]ncc2CNC2CCCC2)o1. The van der Waals surface area contributed by atoms with Gasteiger partial charge in [-0.3, -0.25) is 5.10 Å². The molecule has 96 valence electrons. The molecule has 4 nitrogen and oxygen atoms in total. The molecule has 2 heterocycles. The van der Waals surface area contributed by atoms with Crippen LogP contribution in [0.3, 0.4) is 0 Å². The maximum atomic E-state index is 5.64. The topological polar surface area (TPSA) is 53.9 Å². The zero-order chi connectivity index (χ0) is 12.4. The lowest BCUT2D eigenvalue weighted by Gasteiger charge is -2.11. The number of nitrogens with one attached hydrogen (secondary N) is 2. The molecule has 0 radical (unpaired) electrons. The number of aromatic amines is 1. The van der Waals surface area contributed by atoms with Crippen LogP contribution in [0.5, 0.6) is 0 Å². The Morgan fingerprint density at radius 1 is 1.39 bits per heavy atom. The van der Waals surface area contributed by atoms with Crippen LogP contribution < -0.4 is 5.32 Å². The van der Waals surface area contributed by atoms with Crippen molar-refractivity contribution in [2.75, 3.05) is 0 Å². The fourth-order valence-corrected chi connectivity index (χ4v) is 2.61. The second-order valence-corrected chi connectivity index (χ2v) is 5.04. The molecule has 2 aromatic heterocycles. The van der Waals surface area contributed by atoms with E-state index in [0.29, 0.717) is 6.04 Å². The number of hydrogen-bond donors (Lipinski definition) is 2. The van der Waals surface area contributed by atoms with Crippen molar-refractivity contribution < 1.29 is 4.42 Å². The minimum Gasteiger partial charge on any atom is -0.460 e. The maximum absolute atomic E-state index is 5.64. The predicted molar refractivity (Wildman–Crippen MR) is 70.1 cm³/mol. The summed E-state index contributed by atoms with van der Waals surface area (Å²) in [5.74, 6) is 1.79. The smallest absolute Gasteiger partial charge is 0.152 e. The van der Waals surface area contributed by atoms with E-state index in [1.807, 2.05) is 25.3 Å². The van der Waals surface area contributed by atoms with Crippen molar-refractivity contribution in [3.8, 4) is 11.5 Å². The Morgan fingerprint density at radius 2 is 2.22 bits per heavy atom. The molecule has 1 aliphatic carbocycles. The van der Waals surface area contributed by atoms with E-state index >= 15 is 0 Å². The van der Waals surface area contributed by atoms with Gasteiger partial charge in [0, 0.05) is 18.2 Å². The molecule has 1 fully saturated rings. The number of nitrogens with zero attached hydrogens (tertiary/aromatic N) is 1. The number of H-pyrrole nitrogens is 1. The lowest BCUT2D eigenvalue weighted by atomic mass is 10.2. The van der Waals surface area contributed by atoms with Crippen LogP contribution in [-0.4, -0.2) is 16.2 Å². The van der Waals surface area contributed by atoms with E-state index < -0.39 is 0 Å². The summed E-state index contributed by atoms with van der Waals surface area (Å²) in [5, 5.41) is 10.8. The quantitative estimate of drug-likeness (QED) is 0.870. The lowest BCUT2D eigenvalue weighted by molar-refractivity contribution is 0.521. The highest BCUT2D eigenvalue weighted by Crippen LogP contribution is 2.24. The molecule has 18 heavy (non-hydrogen) atoms. The second kappa shape index (κ2) is 4.98. The highest BCUT2D eigenvalue weighted by Gasteiger charge is 2.16. The Hall–Kier alpha value is -1.55. The van der Waals surface area contributed by atoms with Gasteiger partial charge in [-0.15, -0.1) is 0 Å². The number of rotatable bonds is 4. The van der Waals surface area contributed by atoms with Crippen LogP contribution in [0, 0.1) is 6.92 Å². The first-order chi connectivity index (χ1) is 8.83. The fourth-order valence-electron chi connectivity index (χ4n) is 2.61. The minimum absolute atomic E-state index is 0.672. The third-order valence-corrected chi connectivity index (χ3v) is 3.64. The molecule has 1 saturated carbocycles. The minimum atomic E-state index is 0.672. The Labute approximate surface area is 107 Å². The van der Waals surface area contributed by atoms with Gasteiger partial charge in [0.05, 0.1) is 6.20 Å². The number of hydrogen-bond acceptors (Lipinski definition) is 3. The van der Waals surface area contributed by atoms with Crippen molar-refractivity contribution in [3.63, 3.8) is 0 Å². The van der Waals surface area contributed by atoms with Gasteiger partial charge in [0.15, 0.2) is 5.76 Å². The summed E-state index contributed by atoms with van der Waals surface area (Å²) in [6.07, 6.45) is 7.19. The predicted octanol–water partition coefficient (Wildman–Crippen LogP) is 3.01. The van der Waals surface area contributed by atoms with E-state index in [2.05, 4.69) is 15.5 Å². The standard InChI is InChI=1S/C14H19N3O/c1-10-6-7-13(18-10)14-11(9-16-17-14)8-15-12-4-2-3-5-12/h6-7,9,12,15H,2-5,8H2,1H3,(H,16,17). The molecular formula is C14H19N3O. The molecule has 0 saturated heterocycles. The first-order valence-electron chi connectivity index (χ1n) is 6.65.